The van der Waals surface area contributed by atoms with E-state index in [4.69, 9.17) is 18.9 Å². The zero-order chi connectivity index (χ0) is 45.4. The number of alkyl carbamates (subject to hydrolysis) is 2. The maximum atomic E-state index is 13.0. The molecular formula is C47H68I2N6O8. The van der Waals surface area contributed by atoms with Crippen LogP contribution in [0.3, 0.4) is 0 Å². The van der Waals surface area contributed by atoms with Gasteiger partial charge in [0.25, 0.3) is 0 Å². The zero-order valence-corrected chi connectivity index (χ0v) is 43.5. The summed E-state index contributed by atoms with van der Waals surface area (Å²) < 4.78 is 24.9. The van der Waals surface area contributed by atoms with E-state index in [2.05, 4.69) is 45.0 Å². The first-order valence-corrected chi connectivity index (χ1v) is 21.0. The monoisotopic (exact) mass is 1100 g/mol. The van der Waals surface area contributed by atoms with Crippen molar-refractivity contribution in [3.63, 3.8) is 0 Å². The van der Waals surface area contributed by atoms with Crippen molar-refractivity contribution in [2.45, 2.75) is 118 Å². The number of nitrogens with one attached hydrogen (secondary N) is 4. The summed E-state index contributed by atoms with van der Waals surface area (Å²) in [6, 6.07) is 21.7. The topological polar surface area (TPSA) is 157 Å². The van der Waals surface area contributed by atoms with Crippen molar-refractivity contribution in [1.82, 2.24) is 10.6 Å². The smallest absolute Gasteiger partial charge is 0.412 e. The predicted molar refractivity (Wildman–Crippen MR) is 241 cm³/mol. The Hall–Kier alpha value is -4.17. The van der Waals surface area contributed by atoms with Crippen LogP contribution in [-0.2, 0) is 25.5 Å². The number of likely N-dealkylation sites (N-methyl/N-ethyl adjacent to an activating group) is 1. The number of halogens is 2. The lowest BCUT2D eigenvalue weighted by atomic mass is 9.98. The molecule has 0 aliphatic rings. The Morgan fingerprint density at radius 2 is 0.968 bits per heavy atom. The van der Waals surface area contributed by atoms with Gasteiger partial charge in [0.1, 0.15) is 22.4 Å². The number of hydrogen-bond acceptors (Lipinski definition) is 8. The lowest BCUT2D eigenvalue weighted by molar-refractivity contribution is -0.909. The number of amides is 4. The molecule has 0 fully saturated rings. The number of aryl methyl sites for hydroxylation is 1. The molecule has 348 valence electrons. The molecule has 0 saturated heterocycles. The molecule has 0 saturated carbocycles. The Kier molecular flexibility index (Phi) is 19.8. The number of rotatable bonds is 13. The van der Waals surface area contributed by atoms with E-state index >= 15 is 0 Å². The molecule has 4 rings (SSSR count). The highest BCUT2D eigenvalue weighted by molar-refractivity contribution is 6.11. The largest absolute Gasteiger partial charge is 1.00 e. The van der Waals surface area contributed by atoms with E-state index in [0.29, 0.717) is 61.5 Å². The van der Waals surface area contributed by atoms with Crippen LogP contribution in [0.5, 0.6) is 0 Å². The summed E-state index contributed by atoms with van der Waals surface area (Å²) in [7, 11) is 2.10. The van der Waals surface area contributed by atoms with Crippen molar-refractivity contribution in [2.75, 3.05) is 50.4 Å². The van der Waals surface area contributed by atoms with Crippen molar-refractivity contribution < 1.29 is 95.1 Å². The van der Waals surface area contributed by atoms with Crippen LogP contribution >= 0.6 is 0 Å². The van der Waals surface area contributed by atoms with Gasteiger partial charge in [-0.05, 0) is 119 Å². The summed E-state index contributed by atoms with van der Waals surface area (Å²) in [6.45, 7) is 24.9. The molecule has 63 heavy (non-hydrogen) atoms. The molecule has 0 radical (unpaired) electrons. The van der Waals surface area contributed by atoms with Gasteiger partial charge in [-0.25, -0.2) is 19.2 Å². The van der Waals surface area contributed by atoms with Gasteiger partial charge < -0.3 is 82.0 Å². The van der Waals surface area contributed by atoms with E-state index < -0.39 is 46.8 Å². The number of carbonyl (C=O) groups is 4. The molecule has 3 aromatic carbocycles. The lowest BCUT2D eigenvalue weighted by Crippen LogP contribution is -3.00. The van der Waals surface area contributed by atoms with Gasteiger partial charge in [-0.1, -0.05) is 24.3 Å². The number of pyridine rings is 1. The molecule has 0 unspecified atom stereocenters. The Labute approximate surface area is 407 Å². The highest BCUT2D eigenvalue weighted by atomic mass is 127. The highest BCUT2D eigenvalue weighted by Crippen LogP contribution is 2.35. The van der Waals surface area contributed by atoms with E-state index in [-0.39, 0.29) is 48.0 Å². The fourth-order valence-corrected chi connectivity index (χ4v) is 6.79. The van der Waals surface area contributed by atoms with Gasteiger partial charge in [0.15, 0.2) is 6.54 Å². The Bertz CT molecular complexity index is 2160. The first-order chi connectivity index (χ1) is 28.2. The second-order valence-corrected chi connectivity index (χ2v) is 19.6. The number of nitrogens with zero attached hydrogens (tertiary/aromatic N) is 2. The number of benzene rings is 3. The van der Waals surface area contributed by atoms with Crippen molar-refractivity contribution in [3.05, 3.63) is 66.7 Å². The van der Waals surface area contributed by atoms with Crippen LogP contribution in [0, 0.1) is 0 Å². The average molecular weight is 1100 g/mol. The molecule has 0 spiro atoms. The summed E-state index contributed by atoms with van der Waals surface area (Å²) in [6.07, 6.45) is -1.42. The van der Waals surface area contributed by atoms with Gasteiger partial charge in [0.05, 0.1) is 62.7 Å². The van der Waals surface area contributed by atoms with Crippen molar-refractivity contribution in [1.29, 1.82) is 0 Å². The molecule has 0 aliphatic carbocycles. The summed E-state index contributed by atoms with van der Waals surface area (Å²) in [5, 5.41) is 14.4. The van der Waals surface area contributed by atoms with Crippen LogP contribution in [-0.4, -0.2) is 91.0 Å². The van der Waals surface area contributed by atoms with E-state index in [1.807, 2.05) is 138 Å². The summed E-state index contributed by atoms with van der Waals surface area (Å²) >= 11 is 0. The summed E-state index contributed by atoms with van der Waals surface area (Å²) in [5.74, 6) is 0. The molecular weight excluding hydrogens is 1030 g/mol. The molecule has 1 aromatic heterocycles. The minimum atomic E-state index is -0.682. The third-order valence-corrected chi connectivity index (χ3v) is 9.18. The van der Waals surface area contributed by atoms with Crippen LogP contribution in [0.2, 0.25) is 0 Å². The van der Waals surface area contributed by atoms with Gasteiger partial charge in [-0.15, -0.1) is 0 Å². The standard InChI is InChI=1S/C47H66N6O8.2HI/c1-44(2,3)58-40(54)48-24-28-53(13,29-25-49-41(55)59-45(4,5)6)27-17-26-52-38-31-34(51-43(57)61-47(10,11)12)21-23-36(38)35-22-20-33(50-42(56)60-46(7,8)9)30-37(35)39(52)32-18-15-14-16-19-32;;/h14-16,18-23,30-31H,17,24-29H2,1-13H3,(H2-,48,49,50,54,55,56);2*1H. The van der Waals surface area contributed by atoms with Crippen molar-refractivity contribution >= 4 is 57.4 Å². The van der Waals surface area contributed by atoms with Crippen molar-refractivity contribution in [3.8, 4) is 11.3 Å². The van der Waals surface area contributed by atoms with Gasteiger partial charge in [0, 0.05) is 22.7 Å². The number of fused-ring (bicyclic) bond motifs is 3. The Balaban J connectivity index is 0.00000683. The van der Waals surface area contributed by atoms with E-state index in [9.17, 15) is 19.2 Å². The molecule has 0 aliphatic heterocycles. The summed E-state index contributed by atoms with van der Waals surface area (Å²) in [5.41, 5.74) is 1.26. The number of hydrogen-bond donors (Lipinski definition) is 4. The van der Waals surface area contributed by atoms with Crippen LogP contribution < -0.4 is 73.8 Å². The fraction of sp³-hybridized carbons (Fsp3) is 0.511. The Morgan fingerprint density at radius 1 is 0.540 bits per heavy atom. The molecule has 4 N–H and O–H groups in total. The van der Waals surface area contributed by atoms with E-state index in [0.717, 1.165) is 32.9 Å². The maximum absolute atomic E-state index is 13.0. The van der Waals surface area contributed by atoms with Crippen LogP contribution in [0.4, 0.5) is 30.6 Å². The number of carbonyl (C=O) groups excluding carboxylic acids is 4. The second-order valence-electron chi connectivity index (χ2n) is 19.6. The number of ether oxygens (including phenoxy) is 4. The molecule has 16 heteroatoms. The zero-order valence-electron chi connectivity index (χ0n) is 39.2. The van der Waals surface area contributed by atoms with Crippen LogP contribution in [0.25, 0.3) is 32.9 Å². The number of aromatic nitrogens is 1. The first kappa shape index (κ1) is 55.0. The summed E-state index contributed by atoms with van der Waals surface area (Å²) in [4.78, 5) is 51.1. The molecule has 0 atom stereocenters. The van der Waals surface area contributed by atoms with Gasteiger partial charge >= 0.3 is 24.4 Å². The molecule has 4 aromatic rings. The Morgan fingerprint density at radius 3 is 1.43 bits per heavy atom. The van der Waals surface area contributed by atoms with Gasteiger partial charge in [-0.2, -0.15) is 4.57 Å². The van der Waals surface area contributed by atoms with Gasteiger partial charge in [0.2, 0.25) is 11.2 Å². The van der Waals surface area contributed by atoms with Gasteiger partial charge in [-0.3, -0.25) is 10.6 Å². The number of anilines is 2. The third kappa shape index (κ3) is 18.5. The SMILES string of the molecule is CC(C)(C)OC(=O)NCC[N+](C)(CCC[n+]1c(-c2ccccc2)c2cc(NC(=O)OC(C)(C)C)ccc2c2ccc(NC(=O)OC(C)(C)C)cc21)CCNC(=O)OC(C)(C)C.[I-].[I-]. The maximum Gasteiger partial charge on any atom is 0.412 e. The first-order valence-electron chi connectivity index (χ1n) is 21.0. The molecule has 0 bridgehead atoms. The van der Waals surface area contributed by atoms with Crippen LogP contribution in [0.1, 0.15) is 89.5 Å². The van der Waals surface area contributed by atoms with Crippen molar-refractivity contribution in [2.24, 2.45) is 0 Å². The molecule has 14 nitrogen and oxygen atoms in total. The highest BCUT2D eigenvalue weighted by Gasteiger charge is 2.29. The fourth-order valence-electron chi connectivity index (χ4n) is 6.79. The number of quaternary nitrogens is 1. The predicted octanol–water partition coefficient (Wildman–Crippen LogP) is 3.54. The molecule has 4 amide bonds. The second kappa shape index (κ2) is 22.6. The van der Waals surface area contributed by atoms with E-state index in [1.165, 1.54) is 0 Å². The van der Waals surface area contributed by atoms with Crippen LogP contribution in [0.15, 0.2) is 66.7 Å². The quantitative estimate of drug-likeness (QED) is 0.0522. The molecule has 1 heterocycles. The van der Waals surface area contributed by atoms with E-state index in [1.54, 1.807) is 0 Å². The average Bonchev–Trinajstić information content (AvgIpc) is 3.08. The normalized spacial score (nSPS) is 12.0. The minimum Gasteiger partial charge on any atom is -1.00 e. The lowest BCUT2D eigenvalue weighted by Gasteiger charge is -2.35. The minimum absolute atomic E-state index is 0. The third-order valence-electron chi connectivity index (χ3n) is 9.18.